The standard InChI is InChI=1S/C9H12/c1-7-5-4-6-8(2)9(7)3/h4-7H,3H2,1-2H3. The Morgan fingerprint density at radius 3 is 2.67 bits per heavy atom. The van der Waals surface area contributed by atoms with Gasteiger partial charge in [-0.15, -0.1) is 0 Å². The molecule has 1 unspecified atom stereocenters. The molecule has 0 spiro atoms. The van der Waals surface area contributed by atoms with Gasteiger partial charge in [-0.3, -0.25) is 0 Å². The summed E-state index contributed by atoms with van der Waals surface area (Å²) in [4.78, 5) is 0. The first kappa shape index (κ1) is 6.34. The summed E-state index contributed by atoms with van der Waals surface area (Å²) < 4.78 is 0. The second kappa shape index (κ2) is 2.22. The van der Waals surface area contributed by atoms with Crippen LogP contribution in [0.4, 0.5) is 0 Å². The van der Waals surface area contributed by atoms with Crippen molar-refractivity contribution >= 4 is 0 Å². The molecule has 0 saturated heterocycles. The van der Waals surface area contributed by atoms with Gasteiger partial charge < -0.3 is 0 Å². The number of rotatable bonds is 0. The SMILES string of the molecule is C=C1C(C)=CC=CC1C. The average Bonchev–Trinajstić information content (AvgIpc) is 1.83. The fourth-order valence-corrected chi connectivity index (χ4v) is 0.949. The minimum Gasteiger partial charge on any atom is -0.0950 e. The molecule has 0 aromatic heterocycles. The molecule has 0 N–H and O–H groups in total. The molecule has 0 heteroatoms. The van der Waals surface area contributed by atoms with E-state index in [9.17, 15) is 0 Å². The second-order valence-electron chi connectivity index (χ2n) is 2.55. The Hall–Kier alpha value is -0.780. The van der Waals surface area contributed by atoms with Crippen molar-refractivity contribution in [3.63, 3.8) is 0 Å². The number of hydrogen-bond donors (Lipinski definition) is 0. The highest BCUT2D eigenvalue weighted by Crippen LogP contribution is 2.22. The fraction of sp³-hybridized carbons (Fsp3) is 0.333. The smallest absolute Gasteiger partial charge is 0.00106 e. The van der Waals surface area contributed by atoms with Crippen LogP contribution < -0.4 is 0 Å². The van der Waals surface area contributed by atoms with Gasteiger partial charge in [0.25, 0.3) is 0 Å². The van der Waals surface area contributed by atoms with Crippen LogP contribution in [0.25, 0.3) is 0 Å². The van der Waals surface area contributed by atoms with Crippen molar-refractivity contribution in [2.75, 3.05) is 0 Å². The molecule has 48 valence electrons. The lowest BCUT2D eigenvalue weighted by Crippen LogP contribution is -1.98. The molecule has 0 nitrogen and oxygen atoms in total. The van der Waals surface area contributed by atoms with Crippen molar-refractivity contribution < 1.29 is 0 Å². The van der Waals surface area contributed by atoms with Crippen LogP contribution in [-0.4, -0.2) is 0 Å². The summed E-state index contributed by atoms with van der Waals surface area (Å²) in [5.41, 5.74) is 2.56. The van der Waals surface area contributed by atoms with Crippen molar-refractivity contribution in [1.29, 1.82) is 0 Å². The molecule has 0 fully saturated rings. The fourth-order valence-electron chi connectivity index (χ4n) is 0.949. The van der Waals surface area contributed by atoms with E-state index in [0.29, 0.717) is 5.92 Å². The van der Waals surface area contributed by atoms with Crippen molar-refractivity contribution in [2.45, 2.75) is 13.8 Å². The summed E-state index contributed by atoms with van der Waals surface area (Å²) >= 11 is 0. The first-order valence-corrected chi connectivity index (χ1v) is 3.26. The first-order chi connectivity index (χ1) is 4.22. The Morgan fingerprint density at radius 2 is 2.22 bits per heavy atom. The highest BCUT2D eigenvalue weighted by molar-refractivity contribution is 5.37. The average molecular weight is 120 g/mol. The Morgan fingerprint density at radius 1 is 1.56 bits per heavy atom. The zero-order valence-electron chi connectivity index (χ0n) is 6.02. The number of hydrogen-bond acceptors (Lipinski definition) is 0. The van der Waals surface area contributed by atoms with E-state index in [2.05, 4.69) is 38.7 Å². The van der Waals surface area contributed by atoms with Gasteiger partial charge in [0.15, 0.2) is 0 Å². The molecule has 0 aromatic rings. The molecule has 0 amide bonds. The third-order valence-electron chi connectivity index (χ3n) is 1.80. The topological polar surface area (TPSA) is 0 Å². The van der Waals surface area contributed by atoms with Crippen LogP contribution in [0.15, 0.2) is 36.0 Å². The van der Waals surface area contributed by atoms with Gasteiger partial charge in [-0.05, 0) is 24.0 Å². The molecular formula is C9H12. The van der Waals surface area contributed by atoms with Crippen LogP contribution in [0.3, 0.4) is 0 Å². The number of allylic oxidation sites excluding steroid dienone is 5. The molecule has 0 saturated carbocycles. The lowest BCUT2D eigenvalue weighted by Gasteiger charge is -2.13. The Labute approximate surface area is 56.6 Å². The van der Waals surface area contributed by atoms with Crippen LogP contribution >= 0.6 is 0 Å². The highest BCUT2D eigenvalue weighted by atomic mass is 14.1. The van der Waals surface area contributed by atoms with Gasteiger partial charge in [-0.2, -0.15) is 0 Å². The van der Waals surface area contributed by atoms with Crippen molar-refractivity contribution in [1.82, 2.24) is 0 Å². The molecule has 0 heterocycles. The molecule has 1 rings (SSSR count). The van der Waals surface area contributed by atoms with Gasteiger partial charge in [-0.25, -0.2) is 0 Å². The van der Waals surface area contributed by atoms with E-state index in [4.69, 9.17) is 0 Å². The van der Waals surface area contributed by atoms with Crippen molar-refractivity contribution in [3.8, 4) is 0 Å². The third-order valence-corrected chi connectivity index (χ3v) is 1.80. The quantitative estimate of drug-likeness (QED) is 0.461. The maximum absolute atomic E-state index is 3.96. The van der Waals surface area contributed by atoms with E-state index in [1.165, 1.54) is 11.1 Å². The van der Waals surface area contributed by atoms with Crippen LogP contribution in [0.1, 0.15) is 13.8 Å². The van der Waals surface area contributed by atoms with Crippen LogP contribution in [0, 0.1) is 5.92 Å². The van der Waals surface area contributed by atoms with Gasteiger partial charge in [0.1, 0.15) is 0 Å². The van der Waals surface area contributed by atoms with E-state index >= 15 is 0 Å². The van der Waals surface area contributed by atoms with Crippen LogP contribution in [-0.2, 0) is 0 Å². The summed E-state index contributed by atoms with van der Waals surface area (Å²) in [6, 6.07) is 0. The van der Waals surface area contributed by atoms with E-state index in [1.807, 2.05) is 0 Å². The van der Waals surface area contributed by atoms with E-state index in [1.54, 1.807) is 0 Å². The lowest BCUT2D eigenvalue weighted by atomic mass is 9.92. The largest absolute Gasteiger partial charge is 0.0950 e. The third kappa shape index (κ3) is 1.13. The highest BCUT2D eigenvalue weighted by Gasteiger charge is 2.06. The summed E-state index contributed by atoms with van der Waals surface area (Å²) in [6.07, 6.45) is 6.35. The normalized spacial score (nSPS) is 26.2. The van der Waals surface area contributed by atoms with E-state index in [0.717, 1.165) is 0 Å². The van der Waals surface area contributed by atoms with Gasteiger partial charge in [0.2, 0.25) is 0 Å². The second-order valence-corrected chi connectivity index (χ2v) is 2.55. The molecule has 1 aliphatic carbocycles. The van der Waals surface area contributed by atoms with Gasteiger partial charge in [0.05, 0.1) is 0 Å². The lowest BCUT2D eigenvalue weighted by molar-refractivity contribution is 0.866. The van der Waals surface area contributed by atoms with Crippen LogP contribution in [0.2, 0.25) is 0 Å². The Balaban J connectivity index is 2.86. The minimum absolute atomic E-state index is 0.537. The molecule has 0 aliphatic heterocycles. The molecule has 0 bridgehead atoms. The predicted octanol–water partition coefficient (Wildman–Crippen LogP) is 2.69. The Kier molecular flexibility index (Phi) is 1.56. The molecule has 1 atom stereocenters. The zero-order valence-corrected chi connectivity index (χ0v) is 6.02. The summed E-state index contributed by atoms with van der Waals surface area (Å²) in [5.74, 6) is 0.537. The summed E-state index contributed by atoms with van der Waals surface area (Å²) in [5, 5.41) is 0. The first-order valence-electron chi connectivity index (χ1n) is 3.26. The summed E-state index contributed by atoms with van der Waals surface area (Å²) in [7, 11) is 0. The molecule has 9 heavy (non-hydrogen) atoms. The monoisotopic (exact) mass is 120 g/mol. The molecule has 0 aromatic carbocycles. The summed E-state index contributed by atoms with van der Waals surface area (Å²) in [6.45, 7) is 8.22. The molecule has 0 radical (unpaired) electrons. The maximum atomic E-state index is 3.96. The molecular weight excluding hydrogens is 108 g/mol. The van der Waals surface area contributed by atoms with Crippen molar-refractivity contribution in [2.24, 2.45) is 5.92 Å². The van der Waals surface area contributed by atoms with Crippen molar-refractivity contribution in [3.05, 3.63) is 36.0 Å². The van der Waals surface area contributed by atoms with Gasteiger partial charge >= 0.3 is 0 Å². The maximum Gasteiger partial charge on any atom is -0.00106 e. The van der Waals surface area contributed by atoms with Crippen LogP contribution in [0.5, 0.6) is 0 Å². The van der Waals surface area contributed by atoms with E-state index < -0.39 is 0 Å². The predicted molar refractivity (Wildman–Crippen MR) is 41.2 cm³/mol. The molecule has 1 aliphatic rings. The Bertz CT molecular complexity index is 182. The van der Waals surface area contributed by atoms with Gasteiger partial charge in [0, 0.05) is 0 Å². The minimum atomic E-state index is 0.537. The zero-order chi connectivity index (χ0) is 6.85. The van der Waals surface area contributed by atoms with Gasteiger partial charge in [-0.1, -0.05) is 31.7 Å². The van der Waals surface area contributed by atoms with E-state index in [-0.39, 0.29) is 0 Å².